The molecular weight excluding hydrogens is 334 g/mol. The summed E-state index contributed by atoms with van der Waals surface area (Å²) in [6.45, 7) is 11.2. The quantitative estimate of drug-likeness (QED) is 0.889. The Morgan fingerprint density at radius 3 is 2.48 bits per heavy atom. The van der Waals surface area contributed by atoms with Gasteiger partial charge in [-0.25, -0.2) is 4.68 Å². The molecule has 5 nitrogen and oxygen atoms in total. The van der Waals surface area contributed by atoms with Crippen molar-refractivity contribution < 1.29 is 4.90 Å². The molecule has 136 valence electrons. The summed E-state index contributed by atoms with van der Waals surface area (Å²) in [6.07, 6.45) is 3.47. The van der Waals surface area contributed by atoms with Crippen molar-refractivity contribution in [3.05, 3.63) is 40.7 Å². The summed E-state index contributed by atoms with van der Waals surface area (Å²) >= 11 is 6.12. The van der Waals surface area contributed by atoms with Crippen LogP contribution in [0.3, 0.4) is 0 Å². The molecule has 0 spiro atoms. The molecule has 1 aliphatic heterocycles. The molecule has 25 heavy (non-hydrogen) atoms. The number of nitrogens with one attached hydrogen (secondary N) is 1. The highest BCUT2D eigenvalue weighted by molar-refractivity contribution is 6.30. The van der Waals surface area contributed by atoms with Gasteiger partial charge in [-0.05, 0) is 61.6 Å². The maximum Gasteiger partial charge on any atom is 0.214 e. The highest BCUT2D eigenvalue weighted by Gasteiger charge is 2.36. The van der Waals surface area contributed by atoms with Crippen LogP contribution in [0.1, 0.15) is 64.4 Å². The molecule has 1 aliphatic rings. The number of piperidine rings is 1. The first-order chi connectivity index (χ1) is 11.9. The zero-order chi connectivity index (χ0) is 18.0. The molecule has 1 aromatic carbocycles. The minimum absolute atomic E-state index is 0.105. The zero-order valence-electron chi connectivity index (χ0n) is 15.7. The number of rotatable bonds is 5. The molecule has 0 radical (unpaired) electrons. The first-order valence-electron chi connectivity index (χ1n) is 9.31. The molecule has 2 heterocycles. The first-order valence-corrected chi connectivity index (χ1v) is 9.69. The van der Waals surface area contributed by atoms with Gasteiger partial charge in [-0.15, -0.1) is 5.10 Å². The second kappa shape index (κ2) is 7.42. The van der Waals surface area contributed by atoms with Crippen molar-refractivity contribution in [1.29, 1.82) is 0 Å². The predicted molar refractivity (Wildman–Crippen MR) is 99.8 cm³/mol. The minimum atomic E-state index is -0.105. The monoisotopic (exact) mass is 362 g/mol. The summed E-state index contributed by atoms with van der Waals surface area (Å²) in [5.41, 5.74) is 1.13. The Labute approximate surface area is 155 Å². The topological polar surface area (TPSA) is 48.0 Å². The number of tetrazole rings is 1. The Bertz CT molecular complexity index is 686. The van der Waals surface area contributed by atoms with Crippen LogP contribution in [0, 0.1) is 5.92 Å². The molecule has 3 rings (SSSR count). The summed E-state index contributed by atoms with van der Waals surface area (Å²) in [7, 11) is 0. The van der Waals surface area contributed by atoms with E-state index in [2.05, 4.69) is 55.4 Å². The minimum Gasteiger partial charge on any atom is -0.322 e. The van der Waals surface area contributed by atoms with Gasteiger partial charge in [0.25, 0.3) is 0 Å². The standard InChI is InChI=1S/C19H28ClN5/c1-5-19(3,4)25-18(21-22-23-25)17(15-6-8-16(20)9-7-15)24-12-10-14(2)11-13-24/h6-9,14,17H,5,10-13H2,1-4H3/p+1/t17-/m1/s1. The lowest BCUT2D eigenvalue weighted by atomic mass is 9.94. The Kier molecular flexibility index (Phi) is 5.44. The van der Waals surface area contributed by atoms with E-state index >= 15 is 0 Å². The third-order valence-electron chi connectivity index (χ3n) is 5.72. The van der Waals surface area contributed by atoms with Crippen LogP contribution < -0.4 is 4.90 Å². The molecule has 0 bridgehead atoms. The van der Waals surface area contributed by atoms with E-state index in [4.69, 9.17) is 11.6 Å². The second-order valence-corrected chi connectivity index (χ2v) is 8.38. The van der Waals surface area contributed by atoms with Gasteiger partial charge in [0.2, 0.25) is 5.82 Å². The van der Waals surface area contributed by atoms with Crippen molar-refractivity contribution in [3.8, 4) is 0 Å². The van der Waals surface area contributed by atoms with E-state index in [-0.39, 0.29) is 11.6 Å². The Balaban J connectivity index is 2.03. The molecule has 1 aromatic heterocycles. The Hall–Kier alpha value is -1.46. The number of hydrogen-bond donors (Lipinski definition) is 1. The van der Waals surface area contributed by atoms with Crippen molar-refractivity contribution in [2.75, 3.05) is 13.1 Å². The van der Waals surface area contributed by atoms with E-state index in [1.54, 1.807) is 4.90 Å². The molecule has 2 aromatic rings. The Morgan fingerprint density at radius 1 is 1.24 bits per heavy atom. The van der Waals surface area contributed by atoms with Crippen molar-refractivity contribution in [2.45, 2.75) is 58.5 Å². The fourth-order valence-corrected chi connectivity index (χ4v) is 3.73. The van der Waals surface area contributed by atoms with Crippen LogP contribution in [0.2, 0.25) is 5.02 Å². The number of benzene rings is 1. The summed E-state index contributed by atoms with van der Waals surface area (Å²) in [6, 6.07) is 8.32. The SMILES string of the molecule is CCC(C)(C)n1nnnc1[C@@H](c1ccc(Cl)cc1)[NH+]1CCC(C)CC1. The van der Waals surface area contributed by atoms with Crippen molar-refractivity contribution >= 4 is 11.6 Å². The molecule has 0 saturated carbocycles. The van der Waals surface area contributed by atoms with Crippen LogP contribution in [0.15, 0.2) is 24.3 Å². The summed E-state index contributed by atoms with van der Waals surface area (Å²) in [5, 5.41) is 13.6. The van der Waals surface area contributed by atoms with Crippen LogP contribution in [-0.2, 0) is 5.54 Å². The van der Waals surface area contributed by atoms with Gasteiger partial charge in [0, 0.05) is 10.6 Å². The van der Waals surface area contributed by atoms with Gasteiger partial charge in [-0.2, -0.15) is 0 Å². The molecule has 1 saturated heterocycles. The van der Waals surface area contributed by atoms with Crippen LogP contribution in [0.5, 0.6) is 0 Å². The smallest absolute Gasteiger partial charge is 0.214 e. The van der Waals surface area contributed by atoms with Crippen LogP contribution >= 0.6 is 11.6 Å². The number of hydrogen-bond acceptors (Lipinski definition) is 3. The van der Waals surface area contributed by atoms with Gasteiger partial charge < -0.3 is 4.90 Å². The van der Waals surface area contributed by atoms with Crippen LogP contribution in [0.4, 0.5) is 0 Å². The Morgan fingerprint density at radius 2 is 1.88 bits per heavy atom. The van der Waals surface area contributed by atoms with E-state index < -0.39 is 0 Å². The predicted octanol–water partition coefficient (Wildman–Crippen LogP) is 2.88. The lowest BCUT2D eigenvalue weighted by molar-refractivity contribution is -0.932. The maximum atomic E-state index is 6.12. The summed E-state index contributed by atoms with van der Waals surface area (Å²) in [5.74, 6) is 1.76. The third kappa shape index (κ3) is 3.87. The van der Waals surface area contributed by atoms with Crippen LogP contribution in [0.25, 0.3) is 0 Å². The summed E-state index contributed by atoms with van der Waals surface area (Å²) in [4.78, 5) is 1.54. The third-order valence-corrected chi connectivity index (χ3v) is 5.97. The molecule has 6 heteroatoms. The van der Waals surface area contributed by atoms with Gasteiger partial charge in [0.05, 0.1) is 18.6 Å². The lowest BCUT2D eigenvalue weighted by Crippen LogP contribution is -3.13. The average molecular weight is 363 g/mol. The lowest BCUT2D eigenvalue weighted by Gasteiger charge is -2.35. The fraction of sp³-hybridized carbons (Fsp3) is 0.632. The largest absolute Gasteiger partial charge is 0.322 e. The van der Waals surface area contributed by atoms with E-state index in [1.165, 1.54) is 18.4 Å². The highest BCUT2D eigenvalue weighted by Crippen LogP contribution is 2.26. The zero-order valence-corrected chi connectivity index (χ0v) is 16.4. The van der Waals surface area contributed by atoms with Gasteiger partial charge in [-0.1, -0.05) is 37.6 Å². The first kappa shape index (κ1) is 18.3. The van der Waals surface area contributed by atoms with E-state index in [0.29, 0.717) is 0 Å². The molecule has 1 fully saturated rings. The van der Waals surface area contributed by atoms with Crippen molar-refractivity contribution in [1.82, 2.24) is 20.2 Å². The summed E-state index contributed by atoms with van der Waals surface area (Å²) < 4.78 is 2.03. The number of nitrogens with zero attached hydrogens (tertiary/aromatic N) is 4. The highest BCUT2D eigenvalue weighted by atomic mass is 35.5. The number of halogens is 1. The molecule has 1 atom stereocenters. The van der Waals surface area contributed by atoms with Gasteiger partial charge in [-0.3, -0.25) is 0 Å². The van der Waals surface area contributed by atoms with Crippen molar-refractivity contribution in [3.63, 3.8) is 0 Å². The molecule has 0 aliphatic carbocycles. The number of aromatic nitrogens is 4. The number of quaternary nitrogens is 1. The van der Waals surface area contributed by atoms with Gasteiger partial charge in [0.1, 0.15) is 0 Å². The van der Waals surface area contributed by atoms with E-state index in [0.717, 1.165) is 36.3 Å². The molecule has 0 unspecified atom stereocenters. The van der Waals surface area contributed by atoms with E-state index in [1.807, 2.05) is 16.8 Å². The van der Waals surface area contributed by atoms with Crippen LogP contribution in [-0.4, -0.2) is 33.3 Å². The maximum absolute atomic E-state index is 6.12. The number of likely N-dealkylation sites (tertiary alicyclic amines) is 1. The van der Waals surface area contributed by atoms with Gasteiger partial charge >= 0.3 is 0 Å². The normalized spacial score (nSPS) is 22.8. The van der Waals surface area contributed by atoms with Crippen molar-refractivity contribution in [2.24, 2.45) is 5.92 Å². The molecule has 0 amide bonds. The fourth-order valence-electron chi connectivity index (χ4n) is 3.60. The average Bonchev–Trinajstić information content (AvgIpc) is 3.09. The molecule has 1 N–H and O–H groups in total. The second-order valence-electron chi connectivity index (χ2n) is 7.94. The van der Waals surface area contributed by atoms with Gasteiger partial charge in [0.15, 0.2) is 6.04 Å². The molecular formula is C19H29ClN5+. The van der Waals surface area contributed by atoms with E-state index in [9.17, 15) is 0 Å².